The average Bonchev–Trinajstić information content (AvgIpc) is 3.53. The number of aliphatic imine (C=N–C) groups is 1. The molecule has 1 heterocycles. The summed E-state index contributed by atoms with van der Waals surface area (Å²) in [4.78, 5) is 9.72. The third kappa shape index (κ3) is 8.42. The number of nitrogens with one attached hydrogen (secondary N) is 2. The summed E-state index contributed by atoms with van der Waals surface area (Å²) in [7, 11) is 4.36. The highest BCUT2D eigenvalue weighted by atomic mass is 127. The van der Waals surface area contributed by atoms with Crippen LogP contribution in [0.5, 0.6) is 0 Å². The van der Waals surface area contributed by atoms with Gasteiger partial charge in [0.15, 0.2) is 5.96 Å². The summed E-state index contributed by atoms with van der Waals surface area (Å²) in [6.07, 6.45) is 6.82. The number of halogens is 1. The molecule has 5 nitrogen and oxygen atoms in total. The number of likely N-dealkylation sites (tertiary alicyclic amines) is 1. The summed E-state index contributed by atoms with van der Waals surface area (Å²) in [5.74, 6) is 1.77. The summed E-state index contributed by atoms with van der Waals surface area (Å²) < 4.78 is 0. The van der Waals surface area contributed by atoms with Crippen LogP contribution in [0.1, 0.15) is 50.2 Å². The molecular weight excluding hydrogens is 473 g/mol. The number of rotatable bonds is 9. The molecule has 1 atom stereocenters. The fourth-order valence-electron chi connectivity index (χ4n) is 4.09. The van der Waals surface area contributed by atoms with Crippen LogP contribution in [-0.4, -0.2) is 62.1 Å². The maximum Gasteiger partial charge on any atom is 0.191 e. The Morgan fingerprint density at radius 3 is 2.31 bits per heavy atom. The number of hydrogen-bond acceptors (Lipinski definition) is 3. The minimum absolute atomic E-state index is 0. The first kappa shape index (κ1) is 24.4. The van der Waals surface area contributed by atoms with E-state index in [-0.39, 0.29) is 24.0 Å². The monoisotopic (exact) mass is 513 g/mol. The Morgan fingerprint density at radius 1 is 1.07 bits per heavy atom. The fraction of sp³-hybridized carbons (Fsp3) is 0.696. The Labute approximate surface area is 194 Å². The summed E-state index contributed by atoms with van der Waals surface area (Å²) in [6.45, 7) is 8.26. The van der Waals surface area contributed by atoms with Crippen LogP contribution >= 0.6 is 24.0 Å². The lowest BCUT2D eigenvalue weighted by molar-refractivity contribution is 0.221. The quantitative estimate of drug-likeness (QED) is 0.301. The highest BCUT2D eigenvalue weighted by Crippen LogP contribution is 2.34. The molecule has 2 fully saturated rings. The first-order chi connectivity index (χ1) is 13.7. The van der Waals surface area contributed by atoms with E-state index in [9.17, 15) is 0 Å². The third-order valence-corrected chi connectivity index (χ3v) is 5.95. The van der Waals surface area contributed by atoms with Gasteiger partial charge in [0.2, 0.25) is 0 Å². The number of benzene rings is 1. The van der Waals surface area contributed by atoms with E-state index in [2.05, 4.69) is 65.7 Å². The van der Waals surface area contributed by atoms with E-state index in [0.29, 0.717) is 6.04 Å². The van der Waals surface area contributed by atoms with E-state index < -0.39 is 0 Å². The van der Waals surface area contributed by atoms with Crippen LogP contribution in [0, 0.1) is 5.92 Å². The van der Waals surface area contributed by atoms with Gasteiger partial charge in [-0.1, -0.05) is 30.7 Å². The second-order valence-corrected chi connectivity index (χ2v) is 8.60. The number of guanidine groups is 1. The largest absolute Gasteiger partial charge is 0.357 e. The Bertz CT molecular complexity index is 604. The lowest BCUT2D eigenvalue weighted by Gasteiger charge is -2.26. The van der Waals surface area contributed by atoms with Gasteiger partial charge in [0.05, 0.1) is 6.54 Å². The Morgan fingerprint density at radius 2 is 1.72 bits per heavy atom. The number of likely N-dealkylation sites (N-methyl/N-ethyl adjacent to an activating group) is 1. The fourth-order valence-corrected chi connectivity index (χ4v) is 4.09. The molecule has 1 aliphatic heterocycles. The van der Waals surface area contributed by atoms with Crippen LogP contribution in [0.3, 0.4) is 0 Å². The highest BCUT2D eigenvalue weighted by Gasteiger charge is 2.32. The molecule has 1 aliphatic carbocycles. The van der Waals surface area contributed by atoms with E-state index in [0.717, 1.165) is 38.1 Å². The van der Waals surface area contributed by atoms with Crippen LogP contribution in [-0.2, 0) is 13.1 Å². The molecule has 1 unspecified atom stereocenters. The van der Waals surface area contributed by atoms with Gasteiger partial charge in [0.25, 0.3) is 0 Å². The second-order valence-electron chi connectivity index (χ2n) is 8.60. The predicted molar refractivity (Wildman–Crippen MR) is 134 cm³/mol. The van der Waals surface area contributed by atoms with Gasteiger partial charge in [-0.2, -0.15) is 0 Å². The van der Waals surface area contributed by atoms with Gasteiger partial charge in [-0.05, 0) is 76.8 Å². The van der Waals surface area contributed by atoms with Crippen molar-refractivity contribution in [1.29, 1.82) is 0 Å². The summed E-state index contributed by atoms with van der Waals surface area (Å²) >= 11 is 0. The molecule has 3 rings (SSSR count). The van der Waals surface area contributed by atoms with Crippen molar-refractivity contribution in [2.24, 2.45) is 10.9 Å². The van der Waals surface area contributed by atoms with Crippen LogP contribution in [0.2, 0.25) is 0 Å². The molecule has 0 bridgehead atoms. The average molecular weight is 514 g/mol. The summed E-state index contributed by atoms with van der Waals surface area (Å²) in [6, 6.07) is 9.61. The molecule has 2 N–H and O–H groups in total. The SMILES string of the molecule is CCNC(=NCc1ccc(CN2CCCCC2)cc1)NCC(C1CC1)N(C)C.I. The number of nitrogens with zero attached hydrogens (tertiary/aromatic N) is 3. The van der Waals surface area contributed by atoms with Crippen LogP contribution in [0.15, 0.2) is 29.3 Å². The molecular formula is C23H40IN5. The Balaban J connectivity index is 0.00000300. The third-order valence-electron chi connectivity index (χ3n) is 5.95. The van der Waals surface area contributed by atoms with Gasteiger partial charge >= 0.3 is 0 Å². The summed E-state index contributed by atoms with van der Waals surface area (Å²) in [5.41, 5.74) is 2.68. The van der Waals surface area contributed by atoms with E-state index in [1.54, 1.807) is 0 Å². The molecule has 2 aliphatic rings. The van der Waals surface area contributed by atoms with E-state index in [1.807, 2.05) is 0 Å². The molecule has 0 aromatic heterocycles. The first-order valence-electron chi connectivity index (χ1n) is 11.1. The molecule has 1 saturated heterocycles. The van der Waals surface area contributed by atoms with Gasteiger partial charge < -0.3 is 15.5 Å². The van der Waals surface area contributed by atoms with Crippen molar-refractivity contribution in [1.82, 2.24) is 20.4 Å². The van der Waals surface area contributed by atoms with E-state index >= 15 is 0 Å². The lowest BCUT2D eigenvalue weighted by Crippen LogP contribution is -2.46. The molecule has 0 spiro atoms. The Hall–Kier alpha value is -0.860. The van der Waals surface area contributed by atoms with Crippen molar-refractivity contribution in [2.45, 2.75) is 58.2 Å². The zero-order chi connectivity index (χ0) is 19.8. The Kier molecular flexibility index (Phi) is 10.7. The zero-order valence-electron chi connectivity index (χ0n) is 18.5. The van der Waals surface area contributed by atoms with Crippen molar-refractivity contribution in [3.8, 4) is 0 Å². The molecule has 29 heavy (non-hydrogen) atoms. The normalized spacial score (nSPS) is 19.0. The maximum atomic E-state index is 4.81. The minimum atomic E-state index is 0. The molecule has 0 amide bonds. The topological polar surface area (TPSA) is 42.9 Å². The van der Waals surface area contributed by atoms with Gasteiger partial charge in [0, 0.05) is 25.7 Å². The van der Waals surface area contributed by atoms with Gasteiger partial charge in [-0.15, -0.1) is 24.0 Å². The molecule has 0 radical (unpaired) electrons. The number of piperidine rings is 1. The van der Waals surface area contributed by atoms with Gasteiger partial charge in [-0.3, -0.25) is 4.90 Å². The van der Waals surface area contributed by atoms with Gasteiger partial charge in [-0.25, -0.2) is 4.99 Å². The van der Waals surface area contributed by atoms with Crippen LogP contribution < -0.4 is 10.6 Å². The standard InChI is InChI=1S/C23H39N5.HI/c1-4-24-23(26-17-22(27(2)3)21-12-13-21)25-16-19-8-10-20(11-9-19)18-28-14-6-5-7-15-28;/h8-11,21-22H,4-7,12-18H2,1-3H3,(H2,24,25,26);1H. The minimum Gasteiger partial charge on any atom is -0.357 e. The van der Waals surface area contributed by atoms with Crippen molar-refractivity contribution in [3.05, 3.63) is 35.4 Å². The van der Waals surface area contributed by atoms with Crippen molar-refractivity contribution in [2.75, 3.05) is 40.3 Å². The molecule has 1 aromatic rings. The summed E-state index contributed by atoms with van der Waals surface area (Å²) in [5, 5.41) is 6.94. The van der Waals surface area contributed by atoms with E-state index in [4.69, 9.17) is 4.99 Å². The molecule has 1 aromatic carbocycles. The molecule has 6 heteroatoms. The highest BCUT2D eigenvalue weighted by molar-refractivity contribution is 14.0. The van der Waals surface area contributed by atoms with E-state index in [1.165, 1.54) is 56.3 Å². The molecule has 1 saturated carbocycles. The van der Waals surface area contributed by atoms with Gasteiger partial charge in [0.1, 0.15) is 0 Å². The predicted octanol–water partition coefficient (Wildman–Crippen LogP) is 3.69. The number of hydrogen-bond donors (Lipinski definition) is 2. The molecule has 164 valence electrons. The lowest BCUT2D eigenvalue weighted by atomic mass is 10.1. The zero-order valence-corrected chi connectivity index (χ0v) is 20.8. The van der Waals surface area contributed by atoms with Crippen LogP contribution in [0.4, 0.5) is 0 Å². The van der Waals surface area contributed by atoms with Crippen molar-refractivity contribution in [3.63, 3.8) is 0 Å². The van der Waals surface area contributed by atoms with Crippen molar-refractivity contribution >= 4 is 29.9 Å². The smallest absolute Gasteiger partial charge is 0.191 e. The maximum absolute atomic E-state index is 4.81. The van der Waals surface area contributed by atoms with Crippen LogP contribution in [0.25, 0.3) is 0 Å². The first-order valence-corrected chi connectivity index (χ1v) is 11.1. The van der Waals surface area contributed by atoms with Crippen molar-refractivity contribution < 1.29 is 0 Å². The second kappa shape index (κ2) is 12.7.